The van der Waals surface area contributed by atoms with E-state index in [0.29, 0.717) is 0 Å². The number of hydrogen-bond donors (Lipinski definition) is 1. The molecule has 1 N–H and O–H groups in total. The number of furan rings is 1. The summed E-state index contributed by atoms with van der Waals surface area (Å²) >= 11 is 0. The van der Waals surface area contributed by atoms with Crippen LogP contribution >= 0.6 is 0 Å². The highest BCUT2D eigenvalue weighted by molar-refractivity contribution is 5.23. The van der Waals surface area contributed by atoms with Gasteiger partial charge in [-0.15, -0.1) is 0 Å². The highest BCUT2D eigenvalue weighted by atomic mass is 16.3. The van der Waals surface area contributed by atoms with Crippen LogP contribution in [0.4, 0.5) is 0 Å². The van der Waals surface area contributed by atoms with E-state index in [1.54, 1.807) is 6.26 Å². The SMILES string of the molecule is CNCc1occc1Cc1ccccn1. The minimum atomic E-state index is 0.759. The maximum atomic E-state index is 5.39. The molecule has 0 bridgehead atoms. The number of nitrogens with zero attached hydrogens (tertiary/aromatic N) is 1. The lowest BCUT2D eigenvalue weighted by molar-refractivity contribution is 0.491. The van der Waals surface area contributed by atoms with Crippen molar-refractivity contribution in [1.29, 1.82) is 0 Å². The van der Waals surface area contributed by atoms with Crippen molar-refractivity contribution in [3.8, 4) is 0 Å². The topological polar surface area (TPSA) is 38.1 Å². The molecule has 0 unspecified atom stereocenters. The molecular formula is C12H14N2O. The van der Waals surface area contributed by atoms with Crippen LogP contribution in [-0.4, -0.2) is 12.0 Å². The van der Waals surface area contributed by atoms with Gasteiger partial charge in [0.1, 0.15) is 5.76 Å². The van der Waals surface area contributed by atoms with E-state index in [1.165, 1.54) is 5.56 Å². The summed E-state index contributed by atoms with van der Waals surface area (Å²) in [4.78, 5) is 4.29. The van der Waals surface area contributed by atoms with E-state index < -0.39 is 0 Å². The van der Waals surface area contributed by atoms with Crippen LogP contribution in [0.3, 0.4) is 0 Å². The molecule has 78 valence electrons. The Balaban J connectivity index is 2.14. The second kappa shape index (κ2) is 4.75. The van der Waals surface area contributed by atoms with Crippen molar-refractivity contribution in [2.24, 2.45) is 0 Å². The average Bonchev–Trinajstić information content (AvgIpc) is 2.68. The van der Waals surface area contributed by atoms with Gasteiger partial charge in [0.2, 0.25) is 0 Å². The highest BCUT2D eigenvalue weighted by Gasteiger charge is 2.06. The third-order valence-corrected chi connectivity index (χ3v) is 2.27. The van der Waals surface area contributed by atoms with Crippen molar-refractivity contribution >= 4 is 0 Å². The summed E-state index contributed by atoms with van der Waals surface area (Å²) in [5.74, 6) is 0.989. The second-order valence-electron chi connectivity index (χ2n) is 3.40. The van der Waals surface area contributed by atoms with Gasteiger partial charge in [-0.05, 0) is 25.2 Å². The maximum absolute atomic E-state index is 5.39. The van der Waals surface area contributed by atoms with Crippen molar-refractivity contribution in [3.63, 3.8) is 0 Å². The first-order valence-corrected chi connectivity index (χ1v) is 5.00. The molecule has 0 spiro atoms. The molecule has 0 aliphatic carbocycles. The van der Waals surface area contributed by atoms with Gasteiger partial charge < -0.3 is 9.73 Å². The maximum Gasteiger partial charge on any atom is 0.121 e. The quantitative estimate of drug-likeness (QED) is 0.823. The van der Waals surface area contributed by atoms with Crippen LogP contribution in [-0.2, 0) is 13.0 Å². The van der Waals surface area contributed by atoms with E-state index in [4.69, 9.17) is 4.42 Å². The summed E-state index contributed by atoms with van der Waals surface area (Å²) in [5, 5.41) is 3.08. The first-order valence-electron chi connectivity index (χ1n) is 5.00. The second-order valence-corrected chi connectivity index (χ2v) is 3.40. The fourth-order valence-corrected chi connectivity index (χ4v) is 1.54. The molecule has 2 rings (SSSR count). The molecule has 0 aliphatic rings. The van der Waals surface area contributed by atoms with E-state index in [9.17, 15) is 0 Å². The average molecular weight is 202 g/mol. The molecule has 0 aromatic carbocycles. The van der Waals surface area contributed by atoms with Crippen molar-refractivity contribution in [3.05, 3.63) is 53.7 Å². The van der Waals surface area contributed by atoms with Crippen LogP contribution < -0.4 is 5.32 Å². The van der Waals surface area contributed by atoms with Gasteiger partial charge in [-0.3, -0.25) is 4.98 Å². The summed E-state index contributed by atoms with van der Waals surface area (Å²) in [6.07, 6.45) is 4.37. The molecule has 3 nitrogen and oxygen atoms in total. The Labute approximate surface area is 89.1 Å². The van der Waals surface area contributed by atoms with E-state index in [1.807, 2.05) is 37.5 Å². The summed E-state index contributed by atoms with van der Waals surface area (Å²) in [6.45, 7) is 0.759. The van der Waals surface area contributed by atoms with Gasteiger partial charge in [0.05, 0.1) is 12.8 Å². The van der Waals surface area contributed by atoms with Gasteiger partial charge in [-0.2, -0.15) is 0 Å². The Morgan fingerprint density at radius 1 is 1.33 bits per heavy atom. The summed E-state index contributed by atoms with van der Waals surface area (Å²) in [6, 6.07) is 7.95. The third kappa shape index (κ3) is 2.44. The highest BCUT2D eigenvalue weighted by Crippen LogP contribution is 2.14. The molecule has 0 amide bonds. The van der Waals surface area contributed by atoms with Gasteiger partial charge in [0.15, 0.2) is 0 Å². The number of aromatic nitrogens is 1. The van der Waals surface area contributed by atoms with Crippen LogP contribution in [0.2, 0.25) is 0 Å². The molecule has 0 saturated carbocycles. The van der Waals surface area contributed by atoms with Crippen molar-refractivity contribution in [2.45, 2.75) is 13.0 Å². The van der Waals surface area contributed by atoms with Crippen molar-refractivity contribution in [2.75, 3.05) is 7.05 Å². The predicted molar refractivity (Wildman–Crippen MR) is 58.5 cm³/mol. The lowest BCUT2D eigenvalue weighted by Crippen LogP contribution is -2.06. The van der Waals surface area contributed by atoms with Gasteiger partial charge in [0, 0.05) is 23.9 Å². The van der Waals surface area contributed by atoms with Crippen LogP contribution in [0.5, 0.6) is 0 Å². The van der Waals surface area contributed by atoms with E-state index in [-0.39, 0.29) is 0 Å². The van der Waals surface area contributed by atoms with Crippen LogP contribution in [0.1, 0.15) is 17.0 Å². The first-order chi connectivity index (χ1) is 7.40. The molecule has 0 saturated heterocycles. The third-order valence-electron chi connectivity index (χ3n) is 2.27. The van der Waals surface area contributed by atoms with Gasteiger partial charge in [0.25, 0.3) is 0 Å². The zero-order chi connectivity index (χ0) is 10.5. The standard InChI is InChI=1S/C12H14N2O/c1-13-9-12-10(5-7-15-12)8-11-4-2-3-6-14-11/h2-7,13H,8-9H2,1H3. The molecule has 0 atom stereocenters. The number of hydrogen-bond acceptors (Lipinski definition) is 3. The van der Waals surface area contributed by atoms with Crippen molar-refractivity contribution in [1.82, 2.24) is 10.3 Å². The van der Waals surface area contributed by atoms with Gasteiger partial charge >= 0.3 is 0 Å². The fourth-order valence-electron chi connectivity index (χ4n) is 1.54. The van der Waals surface area contributed by atoms with Gasteiger partial charge in [-0.1, -0.05) is 6.07 Å². The fraction of sp³-hybridized carbons (Fsp3) is 0.250. The molecule has 0 aliphatic heterocycles. The Kier molecular flexibility index (Phi) is 3.15. The Morgan fingerprint density at radius 2 is 2.27 bits per heavy atom. The minimum absolute atomic E-state index is 0.759. The molecule has 0 fully saturated rings. The lowest BCUT2D eigenvalue weighted by atomic mass is 10.1. The molecule has 2 heterocycles. The molecule has 3 heteroatoms. The largest absolute Gasteiger partial charge is 0.468 e. The zero-order valence-corrected chi connectivity index (χ0v) is 8.73. The minimum Gasteiger partial charge on any atom is -0.468 e. The molecule has 15 heavy (non-hydrogen) atoms. The Bertz CT molecular complexity index is 409. The normalized spacial score (nSPS) is 10.5. The van der Waals surface area contributed by atoms with E-state index >= 15 is 0 Å². The van der Waals surface area contributed by atoms with Gasteiger partial charge in [-0.25, -0.2) is 0 Å². The summed E-state index contributed by atoms with van der Waals surface area (Å²) in [5.41, 5.74) is 2.26. The lowest BCUT2D eigenvalue weighted by Gasteiger charge is -2.01. The number of nitrogens with one attached hydrogen (secondary N) is 1. The first kappa shape index (κ1) is 9.93. The number of rotatable bonds is 4. The predicted octanol–water partition coefficient (Wildman–Crippen LogP) is 1.98. The monoisotopic (exact) mass is 202 g/mol. The summed E-state index contributed by atoms with van der Waals surface area (Å²) in [7, 11) is 1.91. The Morgan fingerprint density at radius 3 is 3.00 bits per heavy atom. The molecule has 2 aromatic heterocycles. The van der Waals surface area contributed by atoms with Crippen LogP contribution in [0, 0.1) is 0 Å². The molecule has 2 aromatic rings. The van der Waals surface area contributed by atoms with E-state index in [0.717, 1.165) is 24.4 Å². The van der Waals surface area contributed by atoms with Crippen LogP contribution in [0.25, 0.3) is 0 Å². The molecular weight excluding hydrogens is 188 g/mol. The van der Waals surface area contributed by atoms with Crippen molar-refractivity contribution < 1.29 is 4.42 Å². The Hall–Kier alpha value is -1.61. The smallest absolute Gasteiger partial charge is 0.121 e. The summed E-state index contributed by atoms with van der Waals surface area (Å²) < 4.78 is 5.39. The van der Waals surface area contributed by atoms with E-state index in [2.05, 4.69) is 10.3 Å². The zero-order valence-electron chi connectivity index (χ0n) is 8.73. The molecule has 0 radical (unpaired) electrons. The van der Waals surface area contributed by atoms with Crippen LogP contribution in [0.15, 0.2) is 41.1 Å². The number of pyridine rings is 1.